The molecule has 1 N–H and O–H groups in total. The van der Waals surface area contributed by atoms with Gasteiger partial charge >= 0.3 is 0 Å². The van der Waals surface area contributed by atoms with E-state index >= 15 is 0 Å². The molecule has 2 heterocycles. The summed E-state index contributed by atoms with van der Waals surface area (Å²) in [7, 11) is 0. The van der Waals surface area contributed by atoms with Gasteiger partial charge in [0.15, 0.2) is 0 Å². The highest BCUT2D eigenvalue weighted by atomic mass is 16.5. The van der Waals surface area contributed by atoms with Gasteiger partial charge in [0, 0.05) is 5.69 Å². The highest BCUT2D eigenvalue weighted by molar-refractivity contribution is 6.06. The lowest BCUT2D eigenvalue weighted by atomic mass is 9.96. The first kappa shape index (κ1) is 18.1. The Kier molecular flexibility index (Phi) is 5.07. The molecule has 0 unspecified atom stereocenters. The van der Waals surface area contributed by atoms with Gasteiger partial charge in [-0.1, -0.05) is 43.3 Å². The number of carbonyl (C=O) groups excluding carboxylic acids is 1. The van der Waals surface area contributed by atoms with Crippen LogP contribution < -0.4 is 5.32 Å². The van der Waals surface area contributed by atoms with Gasteiger partial charge in [-0.25, -0.2) is 4.98 Å². The Morgan fingerprint density at radius 2 is 1.81 bits per heavy atom. The number of aryl methyl sites for hydroxylation is 2. The molecule has 3 aromatic rings. The predicted octanol–water partition coefficient (Wildman–Crippen LogP) is 4.84. The number of pyridine rings is 1. The Bertz CT molecular complexity index is 928. The summed E-state index contributed by atoms with van der Waals surface area (Å²) < 4.78 is 5.22. The van der Waals surface area contributed by atoms with Crippen LogP contribution in [0, 0.1) is 13.8 Å². The number of hydrogen-bond donors (Lipinski definition) is 1. The van der Waals surface area contributed by atoms with Gasteiger partial charge in [0.05, 0.1) is 22.7 Å². The summed E-state index contributed by atoms with van der Waals surface area (Å²) in [5.41, 5.74) is 4.75. The number of carbonyl (C=O) groups is 1. The van der Waals surface area contributed by atoms with Gasteiger partial charge in [0.2, 0.25) is 0 Å². The molecule has 2 aromatic heterocycles. The lowest BCUT2D eigenvalue weighted by Gasteiger charge is -2.16. The highest BCUT2D eigenvalue weighted by Gasteiger charge is 2.19. The molecule has 0 aliphatic rings. The number of nitrogens with zero attached hydrogens (tertiary/aromatic N) is 2. The van der Waals surface area contributed by atoms with E-state index in [0.717, 1.165) is 17.7 Å². The molecule has 26 heavy (non-hydrogen) atoms. The molecule has 0 aliphatic carbocycles. The van der Waals surface area contributed by atoms with Crippen molar-refractivity contribution in [1.29, 1.82) is 0 Å². The fraction of sp³-hybridized carbons (Fsp3) is 0.381. The maximum Gasteiger partial charge on any atom is 0.258 e. The van der Waals surface area contributed by atoms with Crippen LogP contribution in [0.3, 0.4) is 0 Å². The average Bonchev–Trinajstić information content (AvgIpc) is 3.01. The summed E-state index contributed by atoms with van der Waals surface area (Å²) in [6, 6.07) is 10.1. The smallest absolute Gasteiger partial charge is 0.258 e. The first-order valence-electron chi connectivity index (χ1n) is 9.05. The van der Waals surface area contributed by atoms with Gasteiger partial charge in [0.1, 0.15) is 0 Å². The Hall–Kier alpha value is -2.69. The van der Waals surface area contributed by atoms with Crippen LogP contribution in [-0.4, -0.2) is 16.0 Å². The van der Waals surface area contributed by atoms with Crippen LogP contribution in [-0.2, 0) is 0 Å². The Morgan fingerprint density at radius 3 is 2.46 bits per heavy atom. The first-order valence-corrected chi connectivity index (χ1v) is 9.05. The largest absolute Gasteiger partial charge is 0.345 e. The number of fused-ring (bicyclic) bond motifs is 1. The molecule has 0 aliphatic heterocycles. The van der Waals surface area contributed by atoms with E-state index in [9.17, 15) is 4.79 Å². The van der Waals surface area contributed by atoms with E-state index in [0.29, 0.717) is 28.3 Å². The lowest BCUT2D eigenvalue weighted by Crippen LogP contribution is -2.27. The Labute approximate surface area is 153 Å². The van der Waals surface area contributed by atoms with E-state index in [4.69, 9.17) is 4.52 Å². The van der Waals surface area contributed by atoms with E-state index in [2.05, 4.69) is 53.6 Å². The molecule has 0 spiro atoms. The van der Waals surface area contributed by atoms with Crippen molar-refractivity contribution in [2.45, 2.75) is 53.0 Å². The molecule has 0 fully saturated rings. The SMILES string of the molecule is CC[C@@H](C)c1ccc([C@H](C)NC(=O)c2cc(C)nc3onc(C)c23)cc1. The molecular weight excluding hydrogens is 326 g/mol. The van der Waals surface area contributed by atoms with Crippen molar-refractivity contribution >= 4 is 17.0 Å². The predicted molar refractivity (Wildman–Crippen MR) is 102 cm³/mol. The maximum absolute atomic E-state index is 12.9. The molecule has 1 amide bonds. The summed E-state index contributed by atoms with van der Waals surface area (Å²) in [6.07, 6.45) is 1.11. The molecular formula is C21H25N3O2. The molecule has 2 atom stereocenters. The minimum atomic E-state index is -0.148. The third-order valence-corrected chi connectivity index (χ3v) is 4.96. The third-order valence-electron chi connectivity index (χ3n) is 4.96. The zero-order chi connectivity index (χ0) is 18.8. The normalized spacial score (nSPS) is 13.6. The van der Waals surface area contributed by atoms with E-state index in [1.54, 1.807) is 6.07 Å². The third kappa shape index (κ3) is 3.47. The summed E-state index contributed by atoms with van der Waals surface area (Å²) >= 11 is 0. The monoisotopic (exact) mass is 351 g/mol. The Morgan fingerprint density at radius 1 is 1.15 bits per heavy atom. The molecule has 5 heteroatoms. The van der Waals surface area contributed by atoms with Crippen LogP contribution in [0.5, 0.6) is 0 Å². The number of nitrogens with one attached hydrogen (secondary N) is 1. The Balaban J connectivity index is 1.83. The first-order chi connectivity index (χ1) is 12.4. The molecule has 136 valence electrons. The van der Waals surface area contributed by atoms with Gasteiger partial charge < -0.3 is 9.84 Å². The van der Waals surface area contributed by atoms with E-state index in [-0.39, 0.29) is 11.9 Å². The fourth-order valence-corrected chi connectivity index (χ4v) is 3.10. The van der Waals surface area contributed by atoms with Crippen LogP contribution in [0.15, 0.2) is 34.9 Å². The lowest BCUT2D eigenvalue weighted by molar-refractivity contribution is 0.0941. The second-order valence-electron chi connectivity index (χ2n) is 6.93. The second-order valence-corrected chi connectivity index (χ2v) is 6.93. The van der Waals surface area contributed by atoms with Crippen LogP contribution >= 0.6 is 0 Å². The number of aromatic nitrogens is 2. The highest BCUT2D eigenvalue weighted by Crippen LogP contribution is 2.24. The van der Waals surface area contributed by atoms with Gasteiger partial charge in [-0.2, -0.15) is 0 Å². The summed E-state index contributed by atoms with van der Waals surface area (Å²) in [5, 5.41) is 7.68. The van der Waals surface area contributed by atoms with Crippen molar-refractivity contribution in [3.05, 3.63) is 58.4 Å². The summed E-state index contributed by atoms with van der Waals surface area (Å²) in [5.74, 6) is 0.392. The number of benzene rings is 1. The zero-order valence-corrected chi connectivity index (χ0v) is 16.0. The van der Waals surface area contributed by atoms with Crippen molar-refractivity contribution in [3.8, 4) is 0 Å². The average molecular weight is 351 g/mol. The fourth-order valence-electron chi connectivity index (χ4n) is 3.10. The van der Waals surface area contributed by atoms with Gasteiger partial charge in [0.25, 0.3) is 11.6 Å². The van der Waals surface area contributed by atoms with Crippen molar-refractivity contribution in [2.75, 3.05) is 0 Å². The van der Waals surface area contributed by atoms with Crippen molar-refractivity contribution < 1.29 is 9.32 Å². The molecule has 0 bridgehead atoms. The van der Waals surface area contributed by atoms with Crippen LogP contribution in [0.1, 0.15) is 72.0 Å². The standard InChI is InChI=1S/C21H25N3O2/c1-6-12(2)16-7-9-17(10-8-16)14(4)23-20(25)18-11-13(3)22-21-19(18)15(5)24-26-21/h7-12,14H,6H2,1-5H3,(H,23,25)/t12-,14+/m1/s1. The van der Waals surface area contributed by atoms with Gasteiger partial charge in [-0.3, -0.25) is 4.79 Å². The van der Waals surface area contributed by atoms with E-state index < -0.39 is 0 Å². The summed E-state index contributed by atoms with van der Waals surface area (Å²) in [4.78, 5) is 17.2. The quantitative estimate of drug-likeness (QED) is 0.714. The van der Waals surface area contributed by atoms with Gasteiger partial charge in [-0.15, -0.1) is 0 Å². The zero-order valence-electron chi connectivity index (χ0n) is 16.0. The van der Waals surface area contributed by atoms with E-state index in [1.807, 2.05) is 20.8 Å². The molecule has 3 rings (SSSR count). The van der Waals surface area contributed by atoms with Crippen LogP contribution in [0.2, 0.25) is 0 Å². The molecule has 5 nitrogen and oxygen atoms in total. The van der Waals surface area contributed by atoms with Crippen LogP contribution in [0.4, 0.5) is 0 Å². The molecule has 0 saturated carbocycles. The van der Waals surface area contributed by atoms with Gasteiger partial charge in [-0.05, 0) is 50.3 Å². The number of hydrogen-bond acceptors (Lipinski definition) is 4. The molecule has 1 aromatic carbocycles. The minimum Gasteiger partial charge on any atom is -0.345 e. The van der Waals surface area contributed by atoms with Crippen molar-refractivity contribution in [3.63, 3.8) is 0 Å². The van der Waals surface area contributed by atoms with Crippen LogP contribution in [0.25, 0.3) is 11.1 Å². The number of amides is 1. The minimum absolute atomic E-state index is 0.0998. The number of rotatable bonds is 5. The molecule has 0 radical (unpaired) electrons. The maximum atomic E-state index is 12.9. The van der Waals surface area contributed by atoms with E-state index in [1.165, 1.54) is 5.56 Å². The topological polar surface area (TPSA) is 68.0 Å². The second kappa shape index (κ2) is 7.28. The summed E-state index contributed by atoms with van der Waals surface area (Å²) in [6.45, 7) is 10.0. The van der Waals surface area contributed by atoms with Crippen molar-refractivity contribution in [2.24, 2.45) is 0 Å². The molecule has 0 saturated heterocycles. The van der Waals surface area contributed by atoms with Crippen molar-refractivity contribution in [1.82, 2.24) is 15.5 Å².